The molecule has 0 radical (unpaired) electrons. The van der Waals surface area contributed by atoms with E-state index in [1.807, 2.05) is 0 Å². The first-order valence-corrected chi connectivity index (χ1v) is 5.45. The summed E-state index contributed by atoms with van der Waals surface area (Å²) in [6.45, 7) is 1.74. The zero-order valence-electron chi connectivity index (χ0n) is 9.74. The standard InChI is InChI=1S/C12H13F2NO3/c1-2-4-9(12(17)18)15-11(16)10-7(13)5-3-6-8(10)14/h3,5-6,9H,2,4H2,1H3,(H,15,16)(H,17,18)/t9-/m1/s1. The molecule has 1 aromatic rings. The molecular formula is C12H13F2NO3. The Morgan fingerprint density at radius 1 is 1.33 bits per heavy atom. The lowest BCUT2D eigenvalue weighted by atomic mass is 10.1. The van der Waals surface area contributed by atoms with Gasteiger partial charge in [-0.1, -0.05) is 19.4 Å². The average molecular weight is 257 g/mol. The largest absolute Gasteiger partial charge is 0.480 e. The van der Waals surface area contributed by atoms with Crippen LogP contribution in [0.1, 0.15) is 30.1 Å². The molecule has 6 heteroatoms. The molecule has 2 N–H and O–H groups in total. The molecule has 0 spiro atoms. The number of carbonyl (C=O) groups excluding carboxylic acids is 1. The van der Waals surface area contributed by atoms with Gasteiger partial charge in [-0.25, -0.2) is 13.6 Å². The highest BCUT2D eigenvalue weighted by atomic mass is 19.1. The highest BCUT2D eigenvalue weighted by molar-refractivity contribution is 5.97. The van der Waals surface area contributed by atoms with Crippen LogP contribution in [0.15, 0.2) is 18.2 Å². The third kappa shape index (κ3) is 3.26. The molecule has 0 fully saturated rings. The van der Waals surface area contributed by atoms with Crippen molar-refractivity contribution >= 4 is 11.9 Å². The minimum absolute atomic E-state index is 0.192. The first kappa shape index (κ1) is 14.1. The van der Waals surface area contributed by atoms with E-state index >= 15 is 0 Å². The van der Waals surface area contributed by atoms with Crippen molar-refractivity contribution in [2.75, 3.05) is 0 Å². The van der Waals surface area contributed by atoms with Gasteiger partial charge in [-0.15, -0.1) is 0 Å². The van der Waals surface area contributed by atoms with Gasteiger partial charge in [0.05, 0.1) is 0 Å². The van der Waals surface area contributed by atoms with Crippen LogP contribution in [0.25, 0.3) is 0 Å². The molecular weight excluding hydrogens is 244 g/mol. The Kier molecular flexibility index (Phi) is 4.76. The third-order valence-corrected chi connectivity index (χ3v) is 2.37. The number of carboxylic acids is 1. The Morgan fingerprint density at radius 3 is 2.33 bits per heavy atom. The Bertz CT molecular complexity index is 442. The van der Waals surface area contributed by atoms with E-state index in [9.17, 15) is 18.4 Å². The highest BCUT2D eigenvalue weighted by Crippen LogP contribution is 2.12. The summed E-state index contributed by atoms with van der Waals surface area (Å²) >= 11 is 0. The lowest BCUT2D eigenvalue weighted by Gasteiger charge is -2.14. The van der Waals surface area contributed by atoms with Gasteiger partial charge in [-0.05, 0) is 18.6 Å². The van der Waals surface area contributed by atoms with E-state index in [1.165, 1.54) is 0 Å². The van der Waals surface area contributed by atoms with Crippen LogP contribution in [0.4, 0.5) is 8.78 Å². The molecule has 0 aliphatic heterocycles. The van der Waals surface area contributed by atoms with Crippen LogP contribution < -0.4 is 5.32 Å². The average Bonchev–Trinajstić information content (AvgIpc) is 2.28. The van der Waals surface area contributed by atoms with Gasteiger partial charge in [0.2, 0.25) is 0 Å². The van der Waals surface area contributed by atoms with E-state index in [0.29, 0.717) is 6.42 Å². The predicted molar refractivity (Wildman–Crippen MR) is 60.2 cm³/mol. The smallest absolute Gasteiger partial charge is 0.326 e. The number of aliphatic carboxylic acids is 1. The Balaban J connectivity index is 2.90. The summed E-state index contributed by atoms with van der Waals surface area (Å²) in [5.74, 6) is -4.34. The van der Waals surface area contributed by atoms with Crippen LogP contribution in [0.2, 0.25) is 0 Å². The van der Waals surface area contributed by atoms with Gasteiger partial charge in [0.1, 0.15) is 23.2 Å². The lowest BCUT2D eigenvalue weighted by Crippen LogP contribution is -2.41. The van der Waals surface area contributed by atoms with Crippen molar-refractivity contribution in [2.24, 2.45) is 0 Å². The first-order chi connectivity index (χ1) is 8.47. The molecule has 0 aliphatic carbocycles. The van der Waals surface area contributed by atoms with Crippen molar-refractivity contribution in [1.82, 2.24) is 5.32 Å². The number of benzene rings is 1. The second kappa shape index (κ2) is 6.09. The Hall–Kier alpha value is -1.98. The van der Waals surface area contributed by atoms with Gasteiger partial charge >= 0.3 is 5.97 Å². The summed E-state index contributed by atoms with van der Waals surface area (Å²) in [4.78, 5) is 22.4. The molecule has 4 nitrogen and oxygen atoms in total. The van der Waals surface area contributed by atoms with Crippen molar-refractivity contribution in [2.45, 2.75) is 25.8 Å². The Labute approximate surface area is 103 Å². The minimum Gasteiger partial charge on any atom is -0.480 e. The lowest BCUT2D eigenvalue weighted by molar-refractivity contribution is -0.139. The molecule has 0 bridgehead atoms. The molecule has 0 saturated heterocycles. The quantitative estimate of drug-likeness (QED) is 0.847. The predicted octanol–water partition coefficient (Wildman–Crippen LogP) is 1.95. The number of carboxylic acid groups (broad SMARTS) is 1. The zero-order valence-corrected chi connectivity index (χ0v) is 9.74. The summed E-state index contributed by atoms with van der Waals surface area (Å²) in [5.41, 5.74) is -0.764. The molecule has 98 valence electrons. The molecule has 1 amide bonds. The summed E-state index contributed by atoms with van der Waals surface area (Å²) in [6.07, 6.45) is 0.716. The van der Waals surface area contributed by atoms with E-state index in [-0.39, 0.29) is 6.42 Å². The SMILES string of the molecule is CCC[C@@H](NC(=O)c1c(F)cccc1F)C(=O)O. The van der Waals surface area contributed by atoms with Crippen LogP contribution in [0.3, 0.4) is 0 Å². The summed E-state index contributed by atoms with van der Waals surface area (Å²) in [6, 6.07) is 1.85. The third-order valence-electron chi connectivity index (χ3n) is 2.37. The number of amides is 1. The fraction of sp³-hybridized carbons (Fsp3) is 0.333. The summed E-state index contributed by atoms with van der Waals surface area (Å²) < 4.78 is 26.6. The minimum atomic E-state index is -1.23. The van der Waals surface area contributed by atoms with Crippen LogP contribution >= 0.6 is 0 Å². The number of halogens is 2. The van der Waals surface area contributed by atoms with E-state index in [2.05, 4.69) is 5.32 Å². The monoisotopic (exact) mass is 257 g/mol. The van der Waals surface area contributed by atoms with Crippen LogP contribution in [0, 0.1) is 11.6 Å². The van der Waals surface area contributed by atoms with Gasteiger partial charge in [-0.3, -0.25) is 4.79 Å². The second-order valence-electron chi connectivity index (χ2n) is 3.75. The molecule has 0 aliphatic rings. The van der Waals surface area contributed by atoms with Crippen molar-refractivity contribution in [1.29, 1.82) is 0 Å². The van der Waals surface area contributed by atoms with E-state index in [1.54, 1.807) is 6.92 Å². The number of rotatable bonds is 5. The molecule has 18 heavy (non-hydrogen) atoms. The number of hydrogen-bond donors (Lipinski definition) is 2. The zero-order chi connectivity index (χ0) is 13.7. The normalized spacial score (nSPS) is 11.9. The molecule has 1 atom stereocenters. The maximum Gasteiger partial charge on any atom is 0.326 e. The van der Waals surface area contributed by atoms with E-state index in [0.717, 1.165) is 18.2 Å². The topological polar surface area (TPSA) is 66.4 Å². The highest BCUT2D eigenvalue weighted by Gasteiger charge is 2.23. The fourth-order valence-corrected chi connectivity index (χ4v) is 1.49. The Morgan fingerprint density at radius 2 is 1.89 bits per heavy atom. The van der Waals surface area contributed by atoms with Gasteiger partial charge < -0.3 is 10.4 Å². The fourth-order valence-electron chi connectivity index (χ4n) is 1.49. The van der Waals surface area contributed by atoms with Crippen molar-refractivity contribution < 1.29 is 23.5 Å². The van der Waals surface area contributed by atoms with Crippen LogP contribution in [0.5, 0.6) is 0 Å². The number of carbonyl (C=O) groups is 2. The maximum atomic E-state index is 13.3. The molecule has 1 aromatic carbocycles. The molecule has 1 rings (SSSR count). The van der Waals surface area contributed by atoms with E-state index in [4.69, 9.17) is 5.11 Å². The molecule has 0 heterocycles. The van der Waals surface area contributed by atoms with E-state index < -0.39 is 35.1 Å². The van der Waals surface area contributed by atoms with Gasteiger partial charge in [0.25, 0.3) is 5.91 Å². The van der Waals surface area contributed by atoms with Crippen LogP contribution in [-0.4, -0.2) is 23.0 Å². The molecule has 0 unspecified atom stereocenters. The molecule has 0 aromatic heterocycles. The summed E-state index contributed by atoms with van der Waals surface area (Å²) in [7, 11) is 0. The summed E-state index contributed by atoms with van der Waals surface area (Å²) in [5, 5.41) is 10.9. The van der Waals surface area contributed by atoms with Crippen molar-refractivity contribution in [3.63, 3.8) is 0 Å². The number of hydrogen-bond acceptors (Lipinski definition) is 2. The van der Waals surface area contributed by atoms with Gasteiger partial charge in [-0.2, -0.15) is 0 Å². The van der Waals surface area contributed by atoms with Crippen molar-refractivity contribution in [3.05, 3.63) is 35.4 Å². The number of nitrogens with one attached hydrogen (secondary N) is 1. The van der Waals surface area contributed by atoms with Gasteiger partial charge in [0.15, 0.2) is 0 Å². The first-order valence-electron chi connectivity index (χ1n) is 5.45. The van der Waals surface area contributed by atoms with Gasteiger partial charge in [0, 0.05) is 0 Å². The van der Waals surface area contributed by atoms with Crippen LogP contribution in [-0.2, 0) is 4.79 Å². The van der Waals surface area contributed by atoms with Crippen molar-refractivity contribution in [3.8, 4) is 0 Å². The second-order valence-corrected chi connectivity index (χ2v) is 3.75. The molecule has 0 saturated carbocycles. The maximum absolute atomic E-state index is 13.3.